The van der Waals surface area contributed by atoms with Gasteiger partial charge in [0.15, 0.2) is 11.6 Å². The van der Waals surface area contributed by atoms with Gasteiger partial charge in [0.2, 0.25) is 0 Å². The molecule has 2 rings (SSSR count). The summed E-state index contributed by atoms with van der Waals surface area (Å²) in [6, 6.07) is 10.0. The van der Waals surface area contributed by atoms with E-state index in [1.54, 1.807) is 31.3 Å². The molecule has 0 radical (unpaired) electrons. The number of rotatable bonds is 4. The lowest BCUT2D eigenvalue weighted by Gasteiger charge is -2.13. The topological polar surface area (TPSA) is 21.3 Å². The van der Waals surface area contributed by atoms with Gasteiger partial charge in [-0.05, 0) is 31.3 Å². The standard InChI is InChI=1S/C14H12BrClFNO/c1-18-8-9-3-2-4-12(17)14(9)19-13-6-5-10(15)7-11(13)16/h2-7,18H,8H2,1H3. The maximum Gasteiger partial charge on any atom is 0.167 e. The number of halogens is 3. The first-order chi connectivity index (χ1) is 9.11. The summed E-state index contributed by atoms with van der Waals surface area (Å²) in [6.45, 7) is 0.515. The molecule has 0 saturated heterocycles. The van der Waals surface area contributed by atoms with Crippen LogP contribution in [0.1, 0.15) is 5.56 Å². The Bertz CT molecular complexity index is 592. The molecule has 2 aromatic rings. The lowest BCUT2D eigenvalue weighted by molar-refractivity contribution is 0.435. The molecule has 100 valence electrons. The Morgan fingerprint density at radius 2 is 2.11 bits per heavy atom. The van der Waals surface area contributed by atoms with Gasteiger partial charge in [-0.2, -0.15) is 0 Å². The van der Waals surface area contributed by atoms with E-state index in [1.807, 2.05) is 6.07 Å². The van der Waals surface area contributed by atoms with Gasteiger partial charge in [-0.15, -0.1) is 0 Å². The van der Waals surface area contributed by atoms with Crippen molar-refractivity contribution in [2.45, 2.75) is 6.54 Å². The molecule has 0 atom stereocenters. The van der Waals surface area contributed by atoms with Crippen molar-refractivity contribution in [1.29, 1.82) is 0 Å². The largest absolute Gasteiger partial charge is 0.452 e. The third-order valence-electron chi connectivity index (χ3n) is 2.52. The molecule has 1 N–H and O–H groups in total. The van der Waals surface area contributed by atoms with Gasteiger partial charge in [0.1, 0.15) is 5.75 Å². The molecular formula is C14H12BrClFNO. The zero-order valence-corrected chi connectivity index (χ0v) is 12.6. The highest BCUT2D eigenvalue weighted by Gasteiger charge is 2.12. The zero-order valence-electron chi connectivity index (χ0n) is 10.2. The quantitative estimate of drug-likeness (QED) is 0.864. The van der Waals surface area contributed by atoms with Crippen LogP contribution in [-0.4, -0.2) is 7.05 Å². The van der Waals surface area contributed by atoms with Crippen LogP contribution in [0.4, 0.5) is 4.39 Å². The Labute approximate surface area is 124 Å². The summed E-state index contributed by atoms with van der Waals surface area (Å²) in [4.78, 5) is 0. The Morgan fingerprint density at radius 3 is 2.79 bits per heavy atom. The van der Waals surface area contributed by atoms with Gasteiger partial charge >= 0.3 is 0 Å². The summed E-state index contributed by atoms with van der Waals surface area (Å²) >= 11 is 9.38. The molecule has 0 amide bonds. The summed E-state index contributed by atoms with van der Waals surface area (Å²) in [5, 5.41) is 3.40. The lowest BCUT2D eigenvalue weighted by Crippen LogP contribution is -2.07. The molecule has 0 fully saturated rings. The van der Waals surface area contributed by atoms with Gasteiger partial charge < -0.3 is 10.1 Å². The SMILES string of the molecule is CNCc1cccc(F)c1Oc1ccc(Br)cc1Cl. The molecule has 0 heterocycles. The van der Waals surface area contributed by atoms with E-state index in [9.17, 15) is 4.39 Å². The maximum absolute atomic E-state index is 13.9. The number of nitrogens with one attached hydrogen (secondary N) is 1. The summed E-state index contributed by atoms with van der Waals surface area (Å²) < 4.78 is 20.3. The first-order valence-corrected chi connectivity index (χ1v) is 6.84. The highest BCUT2D eigenvalue weighted by atomic mass is 79.9. The van der Waals surface area contributed by atoms with Crippen molar-refractivity contribution in [3.63, 3.8) is 0 Å². The minimum atomic E-state index is -0.410. The fourth-order valence-corrected chi connectivity index (χ4v) is 2.38. The van der Waals surface area contributed by atoms with Crippen molar-refractivity contribution in [3.05, 3.63) is 57.3 Å². The van der Waals surface area contributed by atoms with E-state index in [2.05, 4.69) is 21.2 Å². The Kier molecular flexibility index (Phi) is 4.80. The van der Waals surface area contributed by atoms with Crippen molar-refractivity contribution in [3.8, 4) is 11.5 Å². The van der Waals surface area contributed by atoms with Gasteiger partial charge in [-0.1, -0.05) is 39.7 Å². The van der Waals surface area contributed by atoms with E-state index < -0.39 is 5.82 Å². The predicted molar refractivity (Wildman–Crippen MR) is 78.4 cm³/mol. The molecule has 0 aliphatic heterocycles. The lowest BCUT2D eigenvalue weighted by atomic mass is 10.2. The van der Waals surface area contributed by atoms with Gasteiger partial charge in [0.05, 0.1) is 5.02 Å². The van der Waals surface area contributed by atoms with E-state index >= 15 is 0 Å². The van der Waals surface area contributed by atoms with Crippen LogP contribution in [0.5, 0.6) is 11.5 Å². The third kappa shape index (κ3) is 3.47. The zero-order chi connectivity index (χ0) is 13.8. The Balaban J connectivity index is 2.37. The molecule has 5 heteroatoms. The van der Waals surface area contributed by atoms with Crippen LogP contribution in [0.25, 0.3) is 0 Å². The molecule has 2 nitrogen and oxygen atoms in total. The number of para-hydroxylation sites is 1. The van der Waals surface area contributed by atoms with Gasteiger partial charge in [0.25, 0.3) is 0 Å². The predicted octanol–water partition coefficient (Wildman–Crippen LogP) is 4.75. The summed E-state index contributed by atoms with van der Waals surface area (Å²) in [7, 11) is 1.79. The fourth-order valence-electron chi connectivity index (χ4n) is 1.67. The summed E-state index contributed by atoms with van der Waals surface area (Å²) in [6.07, 6.45) is 0. The molecule has 0 saturated carbocycles. The average Bonchev–Trinajstić information content (AvgIpc) is 2.36. The third-order valence-corrected chi connectivity index (χ3v) is 3.31. The Morgan fingerprint density at radius 1 is 1.32 bits per heavy atom. The second-order valence-corrected chi connectivity index (χ2v) is 5.26. The monoisotopic (exact) mass is 343 g/mol. The molecule has 2 aromatic carbocycles. The van der Waals surface area contributed by atoms with Crippen molar-refractivity contribution in [2.75, 3.05) is 7.05 Å². The van der Waals surface area contributed by atoms with Gasteiger partial charge in [0, 0.05) is 16.6 Å². The van der Waals surface area contributed by atoms with E-state index in [1.165, 1.54) is 6.07 Å². The van der Waals surface area contributed by atoms with E-state index in [-0.39, 0.29) is 5.75 Å². The van der Waals surface area contributed by atoms with E-state index in [0.29, 0.717) is 17.3 Å². The Hall–Kier alpha value is -1.10. The first kappa shape index (κ1) is 14.3. The normalized spacial score (nSPS) is 10.5. The minimum Gasteiger partial charge on any atom is -0.452 e. The van der Waals surface area contributed by atoms with E-state index in [4.69, 9.17) is 16.3 Å². The molecule has 0 aliphatic carbocycles. The van der Waals surface area contributed by atoms with Crippen LogP contribution in [0.2, 0.25) is 5.02 Å². The molecule has 0 spiro atoms. The van der Waals surface area contributed by atoms with Crippen molar-refractivity contribution >= 4 is 27.5 Å². The highest BCUT2D eigenvalue weighted by molar-refractivity contribution is 9.10. The summed E-state index contributed by atoms with van der Waals surface area (Å²) in [5.41, 5.74) is 0.737. The van der Waals surface area contributed by atoms with Gasteiger partial charge in [-0.3, -0.25) is 0 Å². The van der Waals surface area contributed by atoms with Crippen molar-refractivity contribution < 1.29 is 9.13 Å². The van der Waals surface area contributed by atoms with Crippen LogP contribution in [0.15, 0.2) is 40.9 Å². The van der Waals surface area contributed by atoms with Crippen molar-refractivity contribution in [2.24, 2.45) is 0 Å². The van der Waals surface area contributed by atoms with Gasteiger partial charge in [-0.25, -0.2) is 4.39 Å². The second-order valence-electron chi connectivity index (χ2n) is 3.94. The average molecular weight is 345 g/mol. The van der Waals surface area contributed by atoms with Crippen LogP contribution < -0.4 is 10.1 Å². The molecule has 0 aromatic heterocycles. The van der Waals surface area contributed by atoms with Crippen LogP contribution in [0, 0.1) is 5.82 Å². The van der Waals surface area contributed by atoms with E-state index in [0.717, 1.165) is 10.0 Å². The van der Waals surface area contributed by atoms with Crippen molar-refractivity contribution in [1.82, 2.24) is 5.32 Å². The highest BCUT2D eigenvalue weighted by Crippen LogP contribution is 2.34. The number of ether oxygens (including phenoxy) is 1. The molecule has 19 heavy (non-hydrogen) atoms. The smallest absolute Gasteiger partial charge is 0.167 e. The fraction of sp³-hybridized carbons (Fsp3) is 0.143. The number of hydrogen-bond donors (Lipinski definition) is 1. The summed E-state index contributed by atoms with van der Waals surface area (Å²) in [5.74, 6) is 0.208. The number of benzene rings is 2. The van der Waals surface area contributed by atoms with Crippen LogP contribution in [0.3, 0.4) is 0 Å². The second kappa shape index (κ2) is 6.37. The molecule has 0 unspecified atom stereocenters. The molecule has 0 bridgehead atoms. The van der Waals surface area contributed by atoms with Crippen LogP contribution in [-0.2, 0) is 6.54 Å². The minimum absolute atomic E-state index is 0.195. The molecule has 0 aliphatic rings. The first-order valence-electron chi connectivity index (χ1n) is 5.66. The maximum atomic E-state index is 13.9. The van der Waals surface area contributed by atoms with Crippen LogP contribution >= 0.6 is 27.5 Å². The molecular weight excluding hydrogens is 333 g/mol. The number of hydrogen-bond acceptors (Lipinski definition) is 2.